The topological polar surface area (TPSA) is 133 Å². The second kappa shape index (κ2) is 12.3. The largest absolute Gasteiger partial charge is 0.462 e. The SMILES string of the molecule is CCNC(=O)Nc1cc(-c2nc(C(F)(F)F)cs2)c(-c2ccc3c(c2)c(=O)c(C(=O)OCC)cn3Cc2cn(C)cn2)cn1. The van der Waals surface area contributed by atoms with Gasteiger partial charge >= 0.3 is 18.2 Å². The van der Waals surface area contributed by atoms with Crippen LogP contribution >= 0.6 is 11.3 Å². The summed E-state index contributed by atoms with van der Waals surface area (Å²) >= 11 is 0.777. The van der Waals surface area contributed by atoms with Gasteiger partial charge in [-0.2, -0.15) is 13.2 Å². The van der Waals surface area contributed by atoms with Crippen LogP contribution in [0, 0.1) is 0 Å². The van der Waals surface area contributed by atoms with Crippen molar-refractivity contribution >= 4 is 40.1 Å². The van der Waals surface area contributed by atoms with Crippen LogP contribution in [0.2, 0.25) is 0 Å². The van der Waals surface area contributed by atoms with Crippen LogP contribution in [0.15, 0.2) is 59.4 Å². The predicted molar refractivity (Wildman–Crippen MR) is 159 cm³/mol. The molecule has 0 radical (unpaired) electrons. The van der Waals surface area contributed by atoms with Crippen LogP contribution in [0.3, 0.4) is 0 Å². The Hall–Kier alpha value is -5.05. The Balaban J connectivity index is 1.69. The lowest BCUT2D eigenvalue weighted by atomic mass is 9.99. The first kappa shape index (κ1) is 30.4. The summed E-state index contributed by atoms with van der Waals surface area (Å²) in [5.41, 5.74) is 0.398. The van der Waals surface area contributed by atoms with E-state index < -0.39 is 29.3 Å². The zero-order chi connectivity index (χ0) is 31.6. The third-order valence-corrected chi connectivity index (χ3v) is 7.36. The standard InChI is InChI=1S/C29H26F3N7O4S/c1-4-33-28(42)37-24-9-18(26-36-23(14-44-26)29(30,31)32)20(10-34-24)16-6-7-22-19(8-16)25(40)21(27(41)43-5-2)13-39(22)12-17-11-38(3)15-35-17/h6-11,13-15H,4-5,12H2,1-3H3,(H2,33,34,37,42). The Morgan fingerprint density at radius 2 is 1.89 bits per heavy atom. The van der Waals surface area contributed by atoms with Crippen LogP contribution in [0.1, 0.15) is 35.6 Å². The number of pyridine rings is 2. The van der Waals surface area contributed by atoms with Crippen molar-refractivity contribution in [3.8, 4) is 21.7 Å². The van der Waals surface area contributed by atoms with Crippen molar-refractivity contribution in [1.29, 1.82) is 0 Å². The average molecular weight is 626 g/mol. The van der Waals surface area contributed by atoms with Crippen LogP contribution in [-0.4, -0.2) is 49.2 Å². The van der Waals surface area contributed by atoms with E-state index in [1.54, 1.807) is 53.7 Å². The molecule has 2 amide bonds. The number of halogens is 3. The number of carbonyl (C=O) groups is 2. The fraction of sp³-hybridized carbons (Fsp3) is 0.241. The van der Waals surface area contributed by atoms with Crippen LogP contribution in [0.5, 0.6) is 0 Å². The normalized spacial score (nSPS) is 11.5. The molecule has 0 aliphatic carbocycles. The molecule has 0 bridgehead atoms. The Kier molecular flexibility index (Phi) is 8.49. The van der Waals surface area contributed by atoms with E-state index in [0.717, 1.165) is 16.7 Å². The first-order valence-electron chi connectivity index (χ1n) is 13.4. The highest BCUT2D eigenvalue weighted by molar-refractivity contribution is 7.13. The number of nitrogens with one attached hydrogen (secondary N) is 2. The second-order valence-electron chi connectivity index (χ2n) is 9.62. The van der Waals surface area contributed by atoms with Gasteiger partial charge in [0.1, 0.15) is 16.4 Å². The van der Waals surface area contributed by atoms with E-state index in [-0.39, 0.29) is 40.5 Å². The molecule has 5 rings (SSSR count). The number of hydrogen-bond acceptors (Lipinski definition) is 8. The fourth-order valence-electron chi connectivity index (χ4n) is 4.55. The highest BCUT2D eigenvalue weighted by Crippen LogP contribution is 2.39. The minimum absolute atomic E-state index is 0.0293. The third kappa shape index (κ3) is 6.32. The molecule has 2 N–H and O–H groups in total. The molecule has 0 aliphatic rings. The molecular formula is C29H26F3N7O4S. The van der Waals surface area contributed by atoms with Crippen molar-refractivity contribution in [2.24, 2.45) is 7.05 Å². The number of anilines is 1. The van der Waals surface area contributed by atoms with Crippen molar-refractivity contribution in [3.05, 3.63) is 81.7 Å². The molecule has 0 saturated carbocycles. The number of imidazole rings is 1. The first-order valence-corrected chi connectivity index (χ1v) is 14.3. The van der Waals surface area contributed by atoms with Crippen molar-refractivity contribution in [2.45, 2.75) is 26.6 Å². The quantitative estimate of drug-likeness (QED) is 0.224. The zero-order valence-corrected chi connectivity index (χ0v) is 24.5. The Morgan fingerprint density at radius 3 is 2.55 bits per heavy atom. The average Bonchev–Trinajstić information content (AvgIpc) is 3.64. The number of hydrogen-bond donors (Lipinski definition) is 2. The number of aromatic nitrogens is 5. The lowest BCUT2D eigenvalue weighted by Gasteiger charge is -2.15. The van der Waals surface area contributed by atoms with E-state index in [0.29, 0.717) is 28.9 Å². The van der Waals surface area contributed by atoms with Gasteiger partial charge in [0.2, 0.25) is 5.43 Å². The number of thiazole rings is 1. The van der Waals surface area contributed by atoms with Gasteiger partial charge in [0.05, 0.1) is 30.7 Å². The van der Waals surface area contributed by atoms with Crippen LogP contribution in [0.4, 0.5) is 23.8 Å². The lowest BCUT2D eigenvalue weighted by Crippen LogP contribution is -2.28. The van der Waals surface area contributed by atoms with Crippen LogP contribution < -0.4 is 16.1 Å². The van der Waals surface area contributed by atoms with Gasteiger partial charge in [0, 0.05) is 54.1 Å². The van der Waals surface area contributed by atoms with E-state index in [4.69, 9.17) is 4.74 Å². The van der Waals surface area contributed by atoms with Gasteiger partial charge in [0.25, 0.3) is 0 Å². The molecule has 0 unspecified atom stereocenters. The molecule has 228 valence electrons. The van der Waals surface area contributed by atoms with Gasteiger partial charge in [-0.1, -0.05) is 6.07 Å². The summed E-state index contributed by atoms with van der Waals surface area (Å²) in [6, 6.07) is 5.79. The summed E-state index contributed by atoms with van der Waals surface area (Å²) in [6.07, 6.45) is 1.59. The molecule has 4 aromatic heterocycles. The number of alkyl halides is 3. The molecule has 1 aromatic carbocycles. The van der Waals surface area contributed by atoms with Gasteiger partial charge < -0.3 is 19.2 Å². The number of nitrogens with zero attached hydrogens (tertiary/aromatic N) is 5. The van der Waals surface area contributed by atoms with E-state index in [9.17, 15) is 27.6 Å². The number of fused-ring (bicyclic) bond motifs is 1. The smallest absolute Gasteiger partial charge is 0.434 e. The molecule has 0 spiro atoms. The van der Waals surface area contributed by atoms with Crippen LogP contribution in [0.25, 0.3) is 32.6 Å². The minimum atomic E-state index is -4.66. The van der Waals surface area contributed by atoms with Crippen molar-refractivity contribution < 1.29 is 27.5 Å². The van der Waals surface area contributed by atoms with Gasteiger partial charge in [-0.3, -0.25) is 10.1 Å². The number of esters is 1. The maximum atomic E-state index is 13.6. The van der Waals surface area contributed by atoms with E-state index in [2.05, 4.69) is 25.6 Å². The maximum Gasteiger partial charge on any atom is 0.434 e. The maximum absolute atomic E-state index is 13.6. The van der Waals surface area contributed by atoms with Gasteiger partial charge in [-0.25, -0.2) is 24.5 Å². The molecule has 5 aromatic rings. The summed E-state index contributed by atoms with van der Waals surface area (Å²) in [6.45, 7) is 4.02. The molecule has 0 saturated heterocycles. The number of ether oxygens (including phenoxy) is 1. The summed E-state index contributed by atoms with van der Waals surface area (Å²) in [5.74, 6) is -0.702. The predicted octanol–water partition coefficient (Wildman–Crippen LogP) is 5.31. The molecule has 0 fully saturated rings. The van der Waals surface area contributed by atoms with E-state index in [1.165, 1.54) is 18.5 Å². The summed E-state index contributed by atoms with van der Waals surface area (Å²) in [7, 11) is 1.82. The Bertz CT molecular complexity index is 1930. The number of urea groups is 1. The summed E-state index contributed by atoms with van der Waals surface area (Å²) in [5, 5.41) is 6.22. The number of amides is 2. The van der Waals surface area contributed by atoms with Crippen molar-refractivity contribution in [3.63, 3.8) is 0 Å². The molecule has 0 atom stereocenters. The molecule has 0 aliphatic heterocycles. The highest BCUT2D eigenvalue weighted by atomic mass is 32.1. The van der Waals surface area contributed by atoms with Gasteiger partial charge in [-0.15, -0.1) is 11.3 Å². The molecule has 4 heterocycles. The molecule has 44 heavy (non-hydrogen) atoms. The Labute approximate surface area is 252 Å². The minimum Gasteiger partial charge on any atom is -0.462 e. The number of rotatable bonds is 8. The molecule has 15 heteroatoms. The monoisotopic (exact) mass is 625 g/mol. The fourth-order valence-corrected chi connectivity index (χ4v) is 5.41. The van der Waals surface area contributed by atoms with Crippen LogP contribution in [-0.2, 0) is 24.5 Å². The van der Waals surface area contributed by atoms with Gasteiger partial charge in [0.15, 0.2) is 5.69 Å². The Morgan fingerprint density at radius 1 is 1.09 bits per heavy atom. The third-order valence-electron chi connectivity index (χ3n) is 6.49. The molecular weight excluding hydrogens is 599 g/mol. The van der Waals surface area contributed by atoms with E-state index >= 15 is 0 Å². The second-order valence-corrected chi connectivity index (χ2v) is 10.5. The van der Waals surface area contributed by atoms with Gasteiger partial charge in [-0.05, 0) is 37.6 Å². The molecule has 11 nitrogen and oxygen atoms in total. The van der Waals surface area contributed by atoms with Crippen molar-refractivity contribution in [1.82, 2.24) is 29.4 Å². The number of benzene rings is 1. The van der Waals surface area contributed by atoms with Crippen molar-refractivity contribution in [2.75, 3.05) is 18.5 Å². The zero-order valence-electron chi connectivity index (χ0n) is 23.7. The first-order chi connectivity index (χ1) is 21.0. The number of aryl methyl sites for hydroxylation is 1. The highest BCUT2D eigenvalue weighted by Gasteiger charge is 2.34. The number of carbonyl (C=O) groups excluding carboxylic acids is 2. The summed E-state index contributed by atoms with van der Waals surface area (Å²) < 4.78 is 48.9. The lowest BCUT2D eigenvalue weighted by molar-refractivity contribution is -0.140. The summed E-state index contributed by atoms with van der Waals surface area (Å²) in [4.78, 5) is 50.9. The van der Waals surface area contributed by atoms with E-state index in [1.807, 2.05) is 7.05 Å².